The zero-order chi connectivity index (χ0) is 21.9. The Morgan fingerprint density at radius 3 is 2.20 bits per heavy atom. The molecule has 160 valence electrons. The fourth-order valence-corrected chi connectivity index (χ4v) is 4.49. The highest BCUT2D eigenvalue weighted by molar-refractivity contribution is 5.49. The molecule has 0 aliphatic carbocycles. The fraction of sp³-hybridized carbons (Fsp3) is 0.481. The Hall–Kier alpha value is -2.28. The molecule has 1 atom stereocenters. The van der Waals surface area contributed by atoms with E-state index < -0.39 is 5.79 Å². The normalized spacial score (nSPS) is 18.2. The number of rotatable bonds is 7. The molecule has 1 saturated heterocycles. The van der Waals surface area contributed by atoms with E-state index in [0.717, 1.165) is 35.3 Å². The summed E-state index contributed by atoms with van der Waals surface area (Å²) in [5.41, 5.74) is 5.82. The number of aryl methyl sites for hydroxylation is 2. The van der Waals surface area contributed by atoms with Gasteiger partial charge in [0.15, 0.2) is 5.79 Å². The van der Waals surface area contributed by atoms with E-state index in [9.17, 15) is 0 Å². The molecular weight excluding hydrogens is 372 g/mol. The van der Waals surface area contributed by atoms with E-state index in [1.807, 2.05) is 13.8 Å². The number of benzene rings is 2. The molecule has 3 heteroatoms. The van der Waals surface area contributed by atoms with Crippen LogP contribution >= 0.6 is 0 Å². The lowest BCUT2D eigenvalue weighted by Gasteiger charge is -2.34. The molecule has 3 nitrogen and oxygen atoms in total. The van der Waals surface area contributed by atoms with E-state index in [-0.39, 0.29) is 11.5 Å². The van der Waals surface area contributed by atoms with Crippen LogP contribution in [-0.2, 0) is 14.9 Å². The van der Waals surface area contributed by atoms with Crippen molar-refractivity contribution < 1.29 is 14.2 Å². The summed E-state index contributed by atoms with van der Waals surface area (Å²) < 4.78 is 17.6. The minimum absolute atomic E-state index is 0.0397. The first-order valence-corrected chi connectivity index (χ1v) is 10.9. The van der Waals surface area contributed by atoms with Gasteiger partial charge in [0.2, 0.25) is 0 Å². The van der Waals surface area contributed by atoms with E-state index in [0.29, 0.717) is 13.2 Å². The second-order valence-electron chi connectivity index (χ2n) is 8.71. The summed E-state index contributed by atoms with van der Waals surface area (Å²) in [7, 11) is 0. The Morgan fingerprint density at radius 1 is 1.07 bits per heavy atom. The van der Waals surface area contributed by atoms with Crippen molar-refractivity contribution in [1.29, 1.82) is 0 Å². The summed E-state index contributed by atoms with van der Waals surface area (Å²) in [6.07, 6.45) is 7.62. The van der Waals surface area contributed by atoms with Crippen molar-refractivity contribution in [3.05, 3.63) is 64.2 Å². The maximum atomic E-state index is 6.08. The van der Waals surface area contributed by atoms with Crippen LogP contribution in [0, 0.1) is 26.2 Å². The predicted molar refractivity (Wildman–Crippen MR) is 122 cm³/mol. The molecule has 0 saturated carbocycles. The second kappa shape index (κ2) is 8.84. The first kappa shape index (κ1) is 22.4. The van der Waals surface area contributed by atoms with E-state index in [4.69, 9.17) is 20.6 Å². The second-order valence-corrected chi connectivity index (χ2v) is 8.71. The molecule has 0 aromatic heterocycles. The lowest BCUT2D eigenvalue weighted by atomic mass is 9.70. The van der Waals surface area contributed by atoms with E-state index in [1.165, 1.54) is 11.1 Å². The van der Waals surface area contributed by atoms with Crippen LogP contribution in [0.3, 0.4) is 0 Å². The van der Waals surface area contributed by atoms with E-state index in [2.05, 4.69) is 70.0 Å². The van der Waals surface area contributed by atoms with Gasteiger partial charge in [-0.3, -0.25) is 0 Å². The number of ether oxygens (including phenoxy) is 3. The molecule has 0 amide bonds. The van der Waals surface area contributed by atoms with Crippen LogP contribution < -0.4 is 4.74 Å². The van der Waals surface area contributed by atoms with Crippen LogP contribution in [0.25, 0.3) is 0 Å². The van der Waals surface area contributed by atoms with Gasteiger partial charge < -0.3 is 14.2 Å². The average Bonchev–Trinajstić information content (AvgIpc) is 3.07. The Kier molecular flexibility index (Phi) is 6.60. The molecule has 0 bridgehead atoms. The highest BCUT2D eigenvalue weighted by Crippen LogP contribution is 2.41. The summed E-state index contributed by atoms with van der Waals surface area (Å²) in [4.78, 5) is 0. The summed E-state index contributed by atoms with van der Waals surface area (Å²) in [6, 6.07) is 13.1. The van der Waals surface area contributed by atoms with Crippen molar-refractivity contribution >= 4 is 0 Å². The third-order valence-corrected chi connectivity index (χ3v) is 6.36. The smallest absolute Gasteiger partial charge is 0.163 e. The van der Waals surface area contributed by atoms with Crippen molar-refractivity contribution in [2.45, 2.75) is 71.7 Å². The minimum atomic E-state index is -0.526. The van der Waals surface area contributed by atoms with Crippen LogP contribution in [0.4, 0.5) is 0 Å². The van der Waals surface area contributed by atoms with Gasteiger partial charge in [-0.05, 0) is 74.9 Å². The molecule has 1 fully saturated rings. The van der Waals surface area contributed by atoms with Crippen molar-refractivity contribution in [2.75, 3.05) is 13.2 Å². The number of hydrogen-bond acceptors (Lipinski definition) is 3. The zero-order valence-corrected chi connectivity index (χ0v) is 19.2. The van der Waals surface area contributed by atoms with Gasteiger partial charge >= 0.3 is 0 Å². The standard InChI is InChI=1S/C27H34O3/c1-8-21-11-12-22(15-19(21)4)27(9-2,10-3)23-13-14-25(20(5)16-23)28-17-24-18-29-26(6,7)30-24/h1,11-16,24H,9-10,17-18H2,2-7H3. The summed E-state index contributed by atoms with van der Waals surface area (Å²) in [6.45, 7) is 13.6. The summed E-state index contributed by atoms with van der Waals surface area (Å²) >= 11 is 0. The maximum absolute atomic E-state index is 6.08. The average molecular weight is 407 g/mol. The SMILES string of the molecule is C#Cc1ccc(C(CC)(CC)c2ccc(OCC3COC(C)(C)O3)c(C)c2)cc1C. The van der Waals surface area contributed by atoms with Crippen LogP contribution in [0.5, 0.6) is 5.75 Å². The number of terminal acetylenes is 1. The van der Waals surface area contributed by atoms with Gasteiger partial charge in [-0.25, -0.2) is 0 Å². The Balaban J connectivity index is 1.85. The minimum Gasteiger partial charge on any atom is -0.491 e. The van der Waals surface area contributed by atoms with Crippen LogP contribution in [0.1, 0.15) is 68.4 Å². The first-order chi connectivity index (χ1) is 14.2. The molecule has 0 spiro atoms. The van der Waals surface area contributed by atoms with Gasteiger partial charge in [0, 0.05) is 11.0 Å². The van der Waals surface area contributed by atoms with E-state index in [1.54, 1.807) is 0 Å². The number of hydrogen-bond donors (Lipinski definition) is 0. The van der Waals surface area contributed by atoms with Gasteiger partial charge in [-0.2, -0.15) is 0 Å². The monoisotopic (exact) mass is 406 g/mol. The third kappa shape index (κ3) is 4.41. The summed E-state index contributed by atoms with van der Waals surface area (Å²) in [5.74, 6) is 3.14. The maximum Gasteiger partial charge on any atom is 0.163 e. The Labute approximate surface area is 181 Å². The Bertz CT molecular complexity index is 932. The molecule has 1 heterocycles. The molecule has 1 aliphatic heterocycles. The summed E-state index contributed by atoms with van der Waals surface area (Å²) in [5, 5.41) is 0. The predicted octanol–water partition coefficient (Wildman–Crippen LogP) is 5.92. The fourth-order valence-electron chi connectivity index (χ4n) is 4.49. The van der Waals surface area contributed by atoms with Crippen LogP contribution in [0.2, 0.25) is 0 Å². The molecule has 0 radical (unpaired) electrons. The zero-order valence-electron chi connectivity index (χ0n) is 19.2. The topological polar surface area (TPSA) is 27.7 Å². The van der Waals surface area contributed by atoms with Crippen molar-refractivity contribution in [1.82, 2.24) is 0 Å². The lowest BCUT2D eigenvalue weighted by molar-refractivity contribution is -0.141. The lowest BCUT2D eigenvalue weighted by Crippen LogP contribution is -2.27. The van der Waals surface area contributed by atoms with Crippen LogP contribution in [0.15, 0.2) is 36.4 Å². The van der Waals surface area contributed by atoms with Gasteiger partial charge in [0.05, 0.1) is 6.61 Å². The van der Waals surface area contributed by atoms with Gasteiger partial charge in [-0.1, -0.05) is 44.0 Å². The Morgan fingerprint density at radius 2 is 1.70 bits per heavy atom. The molecule has 3 rings (SSSR count). The highest BCUT2D eigenvalue weighted by atomic mass is 16.7. The molecule has 2 aromatic rings. The molecule has 2 aromatic carbocycles. The molecule has 30 heavy (non-hydrogen) atoms. The molecule has 1 unspecified atom stereocenters. The first-order valence-electron chi connectivity index (χ1n) is 10.9. The van der Waals surface area contributed by atoms with Gasteiger partial charge in [-0.15, -0.1) is 6.42 Å². The van der Waals surface area contributed by atoms with Gasteiger partial charge in [0.25, 0.3) is 0 Å². The van der Waals surface area contributed by atoms with Crippen molar-refractivity contribution in [3.63, 3.8) is 0 Å². The molecule has 1 aliphatic rings. The third-order valence-electron chi connectivity index (χ3n) is 6.36. The molecular formula is C27H34O3. The van der Waals surface area contributed by atoms with Crippen molar-refractivity contribution in [3.8, 4) is 18.1 Å². The quantitative estimate of drug-likeness (QED) is 0.534. The molecule has 0 N–H and O–H groups in total. The van der Waals surface area contributed by atoms with E-state index >= 15 is 0 Å². The largest absolute Gasteiger partial charge is 0.491 e. The van der Waals surface area contributed by atoms with Crippen LogP contribution in [-0.4, -0.2) is 25.1 Å². The van der Waals surface area contributed by atoms with Gasteiger partial charge in [0.1, 0.15) is 18.5 Å². The van der Waals surface area contributed by atoms with Crippen molar-refractivity contribution in [2.24, 2.45) is 0 Å². The highest BCUT2D eigenvalue weighted by Gasteiger charge is 2.34.